The summed E-state index contributed by atoms with van der Waals surface area (Å²) in [6.07, 6.45) is 1.70. The third-order valence-corrected chi connectivity index (χ3v) is 4.91. The number of aromatic amines is 1. The van der Waals surface area contributed by atoms with Crippen LogP contribution < -0.4 is 10.2 Å². The lowest BCUT2D eigenvalue weighted by atomic mass is 10.1. The number of rotatable bonds is 3. The van der Waals surface area contributed by atoms with Crippen molar-refractivity contribution in [1.82, 2.24) is 9.97 Å². The first-order valence-electron chi connectivity index (χ1n) is 8.81. The minimum absolute atomic E-state index is 0.133. The molecular weight excluding hydrogens is 328 g/mol. The van der Waals surface area contributed by atoms with Gasteiger partial charge >= 0.3 is 0 Å². The smallest absolute Gasteiger partial charge is 0.255 e. The van der Waals surface area contributed by atoms with Crippen molar-refractivity contribution >= 4 is 28.3 Å². The summed E-state index contributed by atoms with van der Waals surface area (Å²) in [6.45, 7) is 7.23. The lowest BCUT2D eigenvalue weighted by Gasteiger charge is -2.27. The van der Waals surface area contributed by atoms with Crippen LogP contribution in [0.15, 0.2) is 36.5 Å². The van der Waals surface area contributed by atoms with Crippen molar-refractivity contribution in [1.29, 1.82) is 0 Å². The summed E-state index contributed by atoms with van der Waals surface area (Å²) in [6, 6.07) is 9.54. The van der Waals surface area contributed by atoms with E-state index in [4.69, 9.17) is 4.74 Å². The Labute approximate surface area is 152 Å². The van der Waals surface area contributed by atoms with Gasteiger partial charge in [-0.05, 0) is 49.7 Å². The van der Waals surface area contributed by atoms with Crippen LogP contribution in [0.2, 0.25) is 0 Å². The van der Waals surface area contributed by atoms with Crippen LogP contribution in [0.25, 0.3) is 10.9 Å². The van der Waals surface area contributed by atoms with Crippen molar-refractivity contribution in [3.05, 3.63) is 53.3 Å². The predicted molar refractivity (Wildman–Crippen MR) is 103 cm³/mol. The van der Waals surface area contributed by atoms with Crippen molar-refractivity contribution in [2.75, 3.05) is 36.5 Å². The van der Waals surface area contributed by atoms with Crippen molar-refractivity contribution in [2.24, 2.45) is 0 Å². The Kier molecular flexibility index (Phi) is 4.34. The Balaban J connectivity index is 1.49. The molecule has 0 radical (unpaired) electrons. The van der Waals surface area contributed by atoms with Crippen LogP contribution in [0.3, 0.4) is 0 Å². The maximum absolute atomic E-state index is 12.6. The lowest BCUT2D eigenvalue weighted by Crippen LogP contribution is -2.36. The molecule has 1 amide bonds. The zero-order valence-corrected chi connectivity index (χ0v) is 15.0. The quantitative estimate of drug-likeness (QED) is 0.761. The highest BCUT2D eigenvalue weighted by molar-refractivity contribution is 6.06. The number of aromatic nitrogens is 2. The molecule has 0 unspecified atom stereocenters. The molecule has 2 aromatic heterocycles. The highest BCUT2D eigenvalue weighted by Gasteiger charge is 2.13. The Bertz CT molecular complexity index is 940. The molecule has 1 aromatic carbocycles. The predicted octanol–water partition coefficient (Wildman–Crippen LogP) is 3.27. The summed E-state index contributed by atoms with van der Waals surface area (Å²) in [5.74, 6) is 0.775. The summed E-state index contributed by atoms with van der Waals surface area (Å²) < 4.78 is 5.36. The number of benzene rings is 1. The number of morpholine rings is 1. The fourth-order valence-electron chi connectivity index (χ4n) is 3.25. The molecule has 0 saturated carbocycles. The molecule has 1 saturated heterocycles. The van der Waals surface area contributed by atoms with E-state index in [1.807, 2.05) is 37.3 Å². The molecule has 2 N–H and O–H groups in total. The van der Waals surface area contributed by atoms with Crippen LogP contribution >= 0.6 is 0 Å². The first-order valence-corrected chi connectivity index (χ1v) is 8.81. The van der Waals surface area contributed by atoms with Crippen molar-refractivity contribution in [2.45, 2.75) is 13.8 Å². The van der Waals surface area contributed by atoms with Gasteiger partial charge in [0.05, 0.1) is 25.1 Å². The first kappa shape index (κ1) is 16.6. The number of pyridine rings is 1. The van der Waals surface area contributed by atoms with Gasteiger partial charge in [-0.3, -0.25) is 4.79 Å². The first-order chi connectivity index (χ1) is 12.6. The molecule has 0 atom stereocenters. The van der Waals surface area contributed by atoms with Gasteiger partial charge in [0, 0.05) is 35.2 Å². The summed E-state index contributed by atoms with van der Waals surface area (Å²) in [5, 5.41) is 4.00. The van der Waals surface area contributed by atoms with Crippen LogP contribution in [0.4, 0.5) is 11.5 Å². The van der Waals surface area contributed by atoms with Crippen LogP contribution in [0.1, 0.15) is 21.6 Å². The summed E-state index contributed by atoms with van der Waals surface area (Å²) in [5.41, 5.74) is 4.67. The number of ether oxygens (including phenoxy) is 1. The van der Waals surface area contributed by atoms with Gasteiger partial charge in [-0.2, -0.15) is 0 Å². The second-order valence-electron chi connectivity index (χ2n) is 6.59. The van der Waals surface area contributed by atoms with Gasteiger partial charge in [-0.15, -0.1) is 0 Å². The van der Waals surface area contributed by atoms with Gasteiger partial charge in [0.15, 0.2) is 0 Å². The number of carbonyl (C=O) groups excluding carboxylic acids is 1. The fourth-order valence-corrected chi connectivity index (χ4v) is 3.25. The number of amides is 1. The standard InChI is InChI=1S/C20H22N4O2/c1-13-14(2)22-18-5-3-15(11-17(13)18)20(25)23-16-4-6-19(21-12-16)24-7-9-26-10-8-24/h3-6,11-12,22H,7-10H2,1-2H3,(H,23,25). The molecule has 1 fully saturated rings. The number of fused-ring (bicyclic) bond motifs is 1. The minimum Gasteiger partial charge on any atom is -0.378 e. The third-order valence-electron chi connectivity index (χ3n) is 4.91. The van der Waals surface area contributed by atoms with Crippen LogP contribution in [0, 0.1) is 13.8 Å². The number of anilines is 2. The Morgan fingerprint density at radius 3 is 2.73 bits per heavy atom. The molecule has 3 aromatic rings. The molecule has 1 aliphatic heterocycles. The molecule has 0 aliphatic carbocycles. The van der Waals surface area contributed by atoms with Crippen LogP contribution in [-0.4, -0.2) is 42.2 Å². The number of nitrogens with zero attached hydrogens (tertiary/aromatic N) is 2. The largest absolute Gasteiger partial charge is 0.378 e. The van der Waals surface area contributed by atoms with Crippen molar-refractivity contribution < 1.29 is 9.53 Å². The van der Waals surface area contributed by atoms with E-state index in [-0.39, 0.29) is 5.91 Å². The second-order valence-corrected chi connectivity index (χ2v) is 6.59. The minimum atomic E-state index is -0.133. The molecule has 6 heteroatoms. The SMILES string of the molecule is Cc1[nH]c2ccc(C(=O)Nc3ccc(N4CCOCC4)nc3)cc2c1C. The van der Waals surface area contributed by atoms with E-state index in [0.29, 0.717) is 11.3 Å². The van der Waals surface area contributed by atoms with E-state index in [0.717, 1.165) is 48.7 Å². The number of H-pyrrole nitrogens is 1. The number of hydrogen-bond donors (Lipinski definition) is 2. The molecule has 1 aliphatic rings. The summed E-state index contributed by atoms with van der Waals surface area (Å²) in [4.78, 5) is 22.6. The van der Waals surface area contributed by atoms with Gasteiger partial charge in [0.25, 0.3) is 5.91 Å². The molecule has 0 spiro atoms. The molecule has 4 rings (SSSR count). The highest BCUT2D eigenvalue weighted by atomic mass is 16.5. The van der Waals surface area contributed by atoms with Gasteiger partial charge < -0.3 is 19.9 Å². The number of nitrogens with one attached hydrogen (secondary N) is 2. The third kappa shape index (κ3) is 3.15. The van der Waals surface area contributed by atoms with Gasteiger partial charge in [0.2, 0.25) is 0 Å². The van der Waals surface area contributed by atoms with Crippen molar-refractivity contribution in [3.63, 3.8) is 0 Å². The number of hydrogen-bond acceptors (Lipinski definition) is 4. The number of aryl methyl sites for hydroxylation is 2. The van der Waals surface area contributed by atoms with Gasteiger partial charge in [0.1, 0.15) is 5.82 Å². The van der Waals surface area contributed by atoms with Crippen LogP contribution in [-0.2, 0) is 4.74 Å². The Morgan fingerprint density at radius 2 is 2.00 bits per heavy atom. The van der Waals surface area contributed by atoms with Crippen molar-refractivity contribution in [3.8, 4) is 0 Å². The maximum Gasteiger partial charge on any atom is 0.255 e. The molecule has 6 nitrogen and oxygen atoms in total. The van der Waals surface area contributed by atoms with E-state index >= 15 is 0 Å². The zero-order valence-electron chi connectivity index (χ0n) is 15.0. The maximum atomic E-state index is 12.6. The van der Waals surface area contributed by atoms with Crippen LogP contribution in [0.5, 0.6) is 0 Å². The van der Waals surface area contributed by atoms with E-state index in [2.05, 4.69) is 27.1 Å². The average Bonchev–Trinajstić information content (AvgIpc) is 2.96. The molecule has 134 valence electrons. The average molecular weight is 350 g/mol. The fraction of sp³-hybridized carbons (Fsp3) is 0.300. The summed E-state index contributed by atoms with van der Waals surface area (Å²) >= 11 is 0. The Hall–Kier alpha value is -2.86. The monoisotopic (exact) mass is 350 g/mol. The molecular formula is C20H22N4O2. The van der Waals surface area contributed by atoms with Gasteiger partial charge in [-0.25, -0.2) is 4.98 Å². The van der Waals surface area contributed by atoms with E-state index in [9.17, 15) is 4.79 Å². The topological polar surface area (TPSA) is 70.2 Å². The summed E-state index contributed by atoms with van der Waals surface area (Å²) in [7, 11) is 0. The van der Waals surface area contributed by atoms with Gasteiger partial charge in [-0.1, -0.05) is 0 Å². The lowest BCUT2D eigenvalue weighted by molar-refractivity contribution is 0.102. The van der Waals surface area contributed by atoms with E-state index < -0.39 is 0 Å². The highest BCUT2D eigenvalue weighted by Crippen LogP contribution is 2.23. The Morgan fingerprint density at radius 1 is 1.19 bits per heavy atom. The molecule has 3 heterocycles. The molecule has 0 bridgehead atoms. The normalized spacial score (nSPS) is 14.6. The molecule has 26 heavy (non-hydrogen) atoms. The second kappa shape index (κ2) is 6.80. The zero-order chi connectivity index (χ0) is 18.1. The number of carbonyl (C=O) groups is 1. The van der Waals surface area contributed by atoms with E-state index in [1.165, 1.54) is 5.56 Å². The van der Waals surface area contributed by atoms with E-state index in [1.54, 1.807) is 6.20 Å².